The van der Waals surface area contributed by atoms with Crippen molar-refractivity contribution in [3.63, 3.8) is 0 Å². The van der Waals surface area contributed by atoms with E-state index in [4.69, 9.17) is 4.74 Å². The molecule has 2 aromatic rings. The third-order valence-electron chi connectivity index (χ3n) is 3.84. The zero-order chi connectivity index (χ0) is 16.9. The molecule has 1 amide bonds. The number of likely N-dealkylation sites (tertiary alicyclic amines) is 1. The van der Waals surface area contributed by atoms with Gasteiger partial charge in [-0.15, -0.1) is 11.7 Å². The lowest BCUT2D eigenvalue weighted by Crippen LogP contribution is -2.28. The van der Waals surface area contributed by atoms with E-state index in [9.17, 15) is 4.79 Å². The molecule has 8 heteroatoms. The minimum atomic E-state index is -0.134. The van der Waals surface area contributed by atoms with Crippen molar-refractivity contribution in [3.05, 3.63) is 42.5 Å². The Kier molecular flexibility index (Phi) is 5.14. The lowest BCUT2D eigenvalue weighted by atomic mass is 10.2. The van der Waals surface area contributed by atoms with Crippen molar-refractivity contribution in [1.29, 1.82) is 0 Å². The number of carbonyl (C=O) groups excluding carboxylic acids is 1. The summed E-state index contributed by atoms with van der Waals surface area (Å²) >= 11 is 1.43. The highest BCUT2D eigenvalue weighted by molar-refractivity contribution is 8.00. The van der Waals surface area contributed by atoms with E-state index in [2.05, 4.69) is 22.1 Å². The largest absolute Gasteiger partial charge is 0.497 e. The number of tetrazole rings is 1. The Hall–Kier alpha value is -2.35. The topological polar surface area (TPSA) is 73.1 Å². The van der Waals surface area contributed by atoms with E-state index in [1.165, 1.54) is 11.8 Å². The van der Waals surface area contributed by atoms with Crippen LogP contribution in [-0.2, 0) is 11.3 Å². The smallest absolute Gasteiger partial charge is 0.236 e. The van der Waals surface area contributed by atoms with Crippen molar-refractivity contribution in [2.45, 2.75) is 23.4 Å². The minimum absolute atomic E-state index is 0.124. The molecule has 1 atom stereocenters. The third-order valence-corrected chi connectivity index (χ3v) is 5.06. The van der Waals surface area contributed by atoms with Gasteiger partial charge in [-0.05, 0) is 34.5 Å². The van der Waals surface area contributed by atoms with Gasteiger partial charge in [-0.1, -0.05) is 30.0 Å². The first-order chi connectivity index (χ1) is 11.7. The normalized spacial score (nSPS) is 17.3. The monoisotopic (exact) mass is 345 g/mol. The Bertz CT molecular complexity index is 716. The van der Waals surface area contributed by atoms with Gasteiger partial charge in [-0.25, -0.2) is 4.68 Å². The van der Waals surface area contributed by atoms with Crippen LogP contribution in [0.4, 0.5) is 0 Å². The molecule has 1 unspecified atom stereocenters. The van der Waals surface area contributed by atoms with Crippen LogP contribution in [0.5, 0.6) is 5.75 Å². The first-order valence-corrected chi connectivity index (χ1v) is 8.54. The summed E-state index contributed by atoms with van der Waals surface area (Å²) in [6, 6.07) is 7.75. The zero-order valence-electron chi connectivity index (χ0n) is 13.5. The molecule has 0 saturated carbocycles. The number of methoxy groups -OCH3 is 1. The van der Waals surface area contributed by atoms with Crippen LogP contribution in [0.1, 0.15) is 12.0 Å². The number of thioether (sulfide) groups is 1. The summed E-state index contributed by atoms with van der Waals surface area (Å²) in [5.74, 6) is 0.933. The highest BCUT2D eigenvalue weighted by Crippen LogP contribution is 2.29. The second-order valence-electron chi connectivity index (χ2n) is 5.44. The van der Waals surface area contributed by atoms with Gasteiger partial charge in [0.25, 0.3) is 0 Å². The van der Waals surface area contributed by atoms with Crippen molar-refractivity contribution >= 4 is 17.7 Å². The molecule has 1 aromatic heterocycles. The van der Waals surface area contributed by atoms with Gasteiger partial charge < -0.3 is 9.64 Å². The Morgan fingerprint density at radius 3 is 2.92 bits per heavy atom. The average Bonchev–Trinajstić information content (AvgIpc) is 3.18. The van der Waals surface area contributed by atoms with E-state index < -0.39 is 0 Å². The first kappa shape index (κ1) is 16.5. The molecule has 3 rings (SSSR count). The Morgan fingerprint density at radius 1 is 1.42 bits per heavy atom. The fraction of sp³-hybridized carbons (Fsp3) is 0.375. The predicted molar refractivity (Wildman–Crippen MR) is 91.0 cm³/mol. The van der Waals surface area contributed by atoms with Crippen LogP contribution in [0.25, 0.3) is 0 Å². The number of hydrogen-bond acceptors (Lipinski definition) is 6. The lowest BCUT2D eigenvalue weighted by molar-refractivity contribution is -0.126. The molecule has 0 bridgehead atoms. The lowest BCUT2D eigenvalue weighted by Gasteiger charge is -2.13. The SMILES string of the molecule is C=CCN1CCC(Sc2nnnn2Cc2ccc(OC)cc2)C1=O. The number of carbonyl (C=O) groups is 1. The van der Waals surface area contributed by atoms with Crippen LogP contribution < -0.4 is 4.74 Å². The maximum absolute atomic E-state index is 12.3. The molecule has 24 heavy (non-hydrogen) atoms. The molecular formula is C16H19N5O2S. The van der Waals surface area contributed by atoms with Crippen LogP contribution in [-0.4, -0.2) is 56.5 Å². The molecule has 7 nitrogen and oxygen atoms in total. The number of amides is 1. The summed E-state index contributed by atoms with van der Waals surface area (Å²) in [5, 5.41) is 12.4. The van der Waals surface area contributed by atoms with Crippen molar-refractivity contribution in [3.8, 4) is 5.75 Å². The molecule has 0 spiro atoms. The predicted octanol–water partition coefficient (Wildman–Crippen LogP) is 1.61. The van der Waals surface area contributed by atoms with Crippen LogP contribution >= 0.6 is 11.8 Å². The van der Waals surface area contributed by atoms with Gasteiger partial charge in [0.1, 0.15) is 5.75 Å². The summed E-state index contributed by atoms with van der Waals surface area (Å²) in [7, 11) is 1.64. The van der Waals surface area contributed by atoms with Crippen molar-refractivity contribution < 1.29 is 9.53 Å². The molecular weight excluding hydrogens is 326 g/mol. The number of nitrogens with zero attached hydrogens (tertiary/aromatic N) is 5. The van der Waals surface area contributed by atoms with Gasteiger partial charge in [-0.3, -0.25) is 4.79 Å². The van der Waals surface area contributed by atoms with Crippen molar-refractivity contribution in [1.82, 2.24) is 25.1 Å². The van der Waals surface area contributed by atoms with E-state index in [1.807, 2.05) is 29.2 Å². The van der Waals surface area contributed by atoms with Crippen LogP contribution in [0.15, 0.2) is 42.1 Å². The van der Waals surface area contributed by atoms with Gasteiger partial charge in [0.2, 0.25) is 11.1 Å². The summed E-state index contributed by atoms with van der Waals surface area (Å²) < 4.78 is 6.88. The standard InChI is InChI=1S/C16H19N5O2S/c1-3-9-20-10-8-14(15(20)22)24-16-17-18-19-21(16)11-12-4-6-13(23-2)7-5-12/h3-7,14H,1,8-11H2,2H3. The van der Waals surface area contributed by atoms with Gasteiger partial charge in [-0.2, -0.15) is 0 Å². The van der Waals surface area contributed by atoms with Gasteiger partial charge in [0.15, 0.2) is 0 Å². The third kappa shape index (κ3) is 3.59. The number of benzene rings is 1. The maximum Gasteiger partial charge on any atom is 0.236 e. The second-order valence-corrected chi connectivity index (χ2v) is 6.61. The number of rotatable bonds is 7. The summed E-state index contributed by atoms with van der Waals surface area (Å²) in [6.07, 6.45) is 2.55. The van der Waals surface area contributed by atoms with E-state index in [-0.39, 0.29) is 11.2 Å². The van der Waals surface area contributed by atoms with E-state index in [0.717, 1.165) is 24.3 Å². The zero-order valence-corrected chi connectivity index (χ0v) is 14.3. The summed E-state index contributed by atoms with van der Waals surface area (Å²) in [5.41, 5.74) is 1.07. The fourth-order valence-electron chi connectivity index (χ4n) is 2.57. The molecule has 1 aromatic carbocycles. The van der Waals surface area contributed by atoms with E-state index >= 15 is 0 Å². The highest BCUT2D eigenvalue weighted by Gasteiger charge is 2.33. The Morgan fingerprint density at radius 2 is 2.21 bits per heavy atom. The van der Waals surface area contributed by atoms with Gasteiger partial charge in [0.05, 0.1) is 18.9 Å². The number of aromatic nitrogens is 4. The summed E-state index contributed by atoms with van der Waals surface area (Å²) in [6.45, 7) is 5.58. The quantitative estimate of drug-likeness (QED) is 0.710. The van der Waals surface area contributed by atoms with Crippen LogP contribution in [0.2, 0.25) is 0 Å². The minimum Gasteiger partial charge on any atom is -0.497 e. The van der Waals surface area contributed by atoms with E-state index in [1.54, 1.807) is 17.9 Å². The van der Waals surface area contributed by atoms with Crippen molar-refractivity contribution in [2.75, 3.05) is 20.2 Å². The molecule has 0 radical (unpaired) electrons. The average molecular weight is 345 g/mol. The molecule has 1 aliphatic rings. The highest BCUT2D eigenvalue weighted by atomic mass is 32.2. The van der Waals surface area contributed by atoms with Crippen LogP contribution in [0.3, 0.4) is 0 Å². The molecule has 126 valence electrons. The molecule has 0 N–H and O–H groups in total. The van der Waals surface area contributed by atoms with Crippen molar-refractivity contribution in [2.24, 2.45) is 0 Å². The first-order valence-electron chi connectivity index (χ1n) is 7.66. The fourth-order valence-corrected chi connectivity index (χ4v) is 3.60. The second kappa shape index (κ2) is 7.48. The Balaban J connectivity index is 1.67. The van der Waals surface area contributed by atoms with E-state index in [0.29, 0.717) is 18.2 Å². The Labute approximate surface area is 144 Å². The molecule has 1 fully saturated rings. The molecule has 1 saturated heterocycles. The molecule has 2 heterocycles. The molecule has 0 aliphatic carbocycles. The van der Waals surface area contributed by atoms with Gasteiger partial charge >= 0.3 is 0 Å². The maximum atomic E-state index is 12.3. The van der Waals surface area contributed by atoms with Gasteiger partial charge in [0, 0.05) is 13.1 Å². The van der Waals surface area contributed by atoms with Crippen LogP contribution in [0, 0.1) is 0 Å². The number of ether oxygens (including phenoxy) is 1. The summed E-state index contributed by atoms with van der Waals surface area (Å²) in [4.78, 5) is 14.1. The molecule has 1 aliphatic heterocycles. The number of hydrogen-bond donors (Lipinski definition) is 0.